The van der Waals surface area contributed by atoms with Crippen molar-refractivity contribution in [1.29, 1.82) is 0 Å². The summed E-state index contributed by atoms with van der Waals surface area (Å²) in [5.74, 6) is 0.562. The number of fused-ring (bicyclic) bond motifs is 1. The van der Waals surface area contributed by atoms with Crippen molar-refractivity contribution in [3.63, 3.8) is 0 Å². The molecule has 4 aliphatic rings. The van der Waals surface area contributed by atoms with Crippen molar-refractivity contribution in [2.45, 2.75) is 6.92 Å². The van der Waals surface area contributed by atoms with E-state index in [2.05, 4.69) is 32.6 Å². The SMILES string of the molecule is CNC(=S)N/N=C1/C2CN3CCN(C2)CC1(C)C3. The Labute approximate surface area is 114 Å². The minimum Gasteiger partial charge on any atom is -0.364 e. The molecule has 4 fully saturated rings. The largest absolute Gasteiger partial charge is 0.364 e. The predicted octanol–water partition coefficient (Wildman–Crippen LogP) is -0.296. The number of hydrogen-bond donors (Lipinski definition) is 2. The zero-order chi connectivity index (χ0) is 12.8. The summed E-state index contributed by atoms with van der Waals surface area (Å²) in [5.41, 5.74) is 4.48. The first kappa shape index (κ1) is 12.3. The molecule has 4 bridgehead atoms. The number of rotatable bonds is 1. The molecule has 0 aliphatic carbocycles. The molecule has 4 rings (SSSR count). The van der Waals surface area contributed by atoms with Gasteiger partial charge < -0.3 is 15.1 Å². The van der Waals surface area contributed by atoms with E-state index in [0.29, 0.717) is 11.0 Å². The number of thiocarbonyl (C=S) groups is 1. The molecule has 100 valence electrons. The monoisotopic (exact) mass is 267 g/mol. The molecule has 4 aliphatic heterocycles. The van der Waals surface area contributed by atoms with Crippen LogP contribution in [0, 0.1) is 11.3 Å². The summed E-state index contributed by atoms with van der Waals surface area (Å²) < 4.78 is 0. The number of hydrazone groups is 1. The Balaban J connectivity index is 1.85. The summed E-state index contributed by atoms with van der Waals surface area (Å²) in [6.45, 7) is 9.33. The van der Waals surface area contributed by atoms with Gasteiger partial charge in [0.25, 0.3) is 0 Å². The van der Waals surface area contributed by atoms with Gasteiger partial charge in [-0.25, -0.2) is 0 Å². The molecule has 18 heavy (non-hydrogen) atoms. The third kappa shape index (κ3) is 2.02. The van der Waals surface area contributed by atoms with Crippen LogP contribution in [0.4, 0.5) is 0 Å². The van der Waals surface area contributed by atoms with Gasteiger partial charge >= 0.3 is 0 Å². The molecule has 2 atom stereocenters. The summed E-state index contributed by atoms with van der Waals surface area (Å²) in [5, 5.41) is 8.12. The Hall–Kier alpha value is -0.720. The van der Waals surface area contributed by atoms with E-state index >= 15 is 0 Å². The molecule has 0 aromatic rings. The predicted molar refractivity (Wildman–Crippen MR) is 76.7 cm³/mol. The fourth-order valence-electron chi connectivity index (χ4n) is 3.69. The molecule has 0 radical (unpaired) electrons. The zero-order valence-corrected chi connectivity index (χ0v) is 11.9. The lowest BCUT2D eigenvalue weighted by atomic mass is 9.72. The Kier molecular flexibility index (Phi) is 3.03. The van der Waals surface area contributed by atoms with Gasteiger partial charge in [-0.1, -0.05) is 6.92 Å². The number of nitrogens with one attached hydrogen (secondary N) is 2. The third-order valence-electron chi connectivity index (χ3n) is 4.34. The smallest absolute Gasteiger partial charge is 0.186 e. The van der Waals surface area contributed by atoms with Crippen LogP contribution in [0.1, 0.15) is 6.92 Å². The molecule has 0 aromatic carbocycles. The zero-order valence-electron chi connectivity index (χ0n) is 11.1. The van der Waals surface area contributed by atoms with Gasteiger partial charge in [0.2, 0.25) is 0 Å². The lowest BCUT2D eigenvalue weighted by Gasteiger charge is -2.48. The Morgan fingerprint density at radius 1 is 1.33 bits per heavy atom. The second kappa shape index (κ2) is 4.43. The number of piperidine rings is 2. The maximum Gasteiger partial charge on any atom is 0.186 e. The van der Waals surface area contributed by atoms with E-state index in [1.54, 1.807) is 0 Å². The lowest BCUT2D eigenvalue weighted by Crippen LogP contribution is -2.60. The van der Waals surface area contributed by atoms with Gasteiger partial charge in [0.15, 0.2) is 5.11 Å². The van der Waals surface area contributed by atoms with E-state index in [9.17, 15) is 0 Å². The molecule has 4 heterocycles. The van der Waals surface area contributed by atoms with Gasteiger partial charge in [0.1, 0.15) is 0 Å². The molecule has 0 spiro atoms. The molecule has 2 N–H and O–H groups in total. The first-order valence-electron chi connectivity index (χ1n) is 6.61. The fraction of sp³-hybridized carbons (Fsp3) is 0.833. The van der Waals surface area contributed by atoms with E-state index in [1.165, 1.54) is 18.8 Å². The van der Waals surface area contributed by atoms with Crippen molar-refractivity contribution in [1.82, 2.24) is 20.5 Å². The normalized spacial score (nSPS) is 43.9. The standard InChI is InChI=1S/C12H21N5S/c1-12-7-16-3-4-17(8-12)6-9(5-16)10(12)14-15-11(18)13-2/h9H,3-8H2,1-2H3,(H2,13,15,18)/b14-10-. The van der Waals surface area contributed by atoms with Crippen LogP contribution in [-0.4, -0.2) is 66.9 Å². The average Bonchev–Trinajstić information content (AvgIpc) is 2.55. The highest BCUT2D eigenvalue weighted by Crippen LogP contribution is 2.37. The highest BCUT2D eigenvalue weighted by atomic mass is 32.1. The summed E-state index contributed by atoms with van der Waals surface area (Å²) in [6, 6.07) is 0. The quantitative estimate of drug-likeness (QED) is 0.505. The molecule has 2 unspecified atom stereocenters. The van der Waals surface area contributed by atoms with Crippen LogP contribution in [-0.2, 0) is 0 Å². The molecule has 0 saturated carbocycles. The van der Waals surface area contributed by atoms with E-state index < -0.39 is 0 Å². The van der Waals surface area contributed by atoms with Crippen molar-refractivity contribution >= 4 is 23.0 Å². The van der Waals surface area contributed by atoms with Crippen LogP contribution in [0.15, 0.2) is 5.10 Å². The van der Waals surface area contributed by atoms with Crippen LogP contribution in [0.3, 0.4) is 0 Å². The Morgan fingerprint density at radius 3 is 2.44 bits per heavy atom. The van der Waals surface area contributed by atoms with Gasteiger partial charge in [0, 0.05) is 57.6 Å². The molecular formula is C12H21N5S. The van der Waals surface area contributed by atoms with E-state index in [1.807, 2.05) is 7.05 Å². The highest BCUT2D eigenvalue weighted by molar-refractivity contribution is 7.80. The number of nitrogens with zero attached hydrogens (tertiary/aromatic N) is 3. The highest BCUT2D eigenvalue weighted by Gasteiger charge is 2.49. The van der Waals surface area contributed by atoms with Crippen LogP contribution < -0.4 is 10.7 Å². The van der Waals surface area contributed by atoms with Crippen molar-refractivity contribution in [2.75, 3.05) is 46.3 Å². The topological polar surface area (TPSA) is 42.9 Å². The Morgan fingerprint density at radius 2 is 1.94 bits per heavy atom. The van der Waals surface area contributed by atoms with E-state index in [4.69, 9.17) is 12.2 Å². The summed E-state index contributed by atoms with van der Waals surface area (Å²) in [7, 11) is 1.82. The van der Waals surface area contributed by atoms with Crippen molar-refractivity contribution in [3.05, 3.63) is 0 Å². The summed E-state index contributed by atoms with van der Waals surface area (Å²) in [4.78, 5) is 5.18. The van der Waals surface area contributed by atoms with Gasteiger partial charge in [-0.05, 0) is 12.2 Å². The van der Waals surface area contributed by atoms with Gasteiger partial charge in [-0.15, -0.1) is 0 Å². The van der Waals surface area contributed by atoms with Crippen LogP contribution >= 0.6 is 12.2 Å². The van der Waals surface area contributed by atoms with Crippen LogP contribution in [0.5, 0.6) is 0 Å². The summed E-state index contributed by atoms with van der Waals surface area (Å²) >= 11 is 5.10. The third-order valence-corrected chi connectivity index (χ3v) is 4.64. The molecule has 0 amide bonds. The number of hydrogen-bond acceptors (Lipinski definition) is 4. The van der Waals surface area contributed by atoms with Crippen molar-refractivity contribution in [3.8, 4) is 0 Å². The van der Waals surface area contributed by atoms with Gasteiger partial charge in [-0.2, -0.15) is 5.10 Å². The van der Waals surface area contributed by atoms with Crippen molar-refractivity contribution < 1.29 is 0 Å². The molecule has 0 aromatic heterocycles. The minimum atomic E-state index is 0.189. The van der Waals surface area contributed by atoms with E-state index in [-0.39, 0.29) is 5.41 Å². The average molecular weight is 267 g/mol. The maximum atomic E-state index is 5.10. The minimum absolute atomic E-state index is 0.189. The first-order chi connectivity index (χ1) is 8.60. The van der Waals surface area contributed by atoms with E-state index in [0.717, 1.165) is 26.2 Å². The molecular weight excluding hydrogens is 246 g/mol. The fourth-order valence-corrected chi connectivity index (χ4v) is 3.74. The van der Waals surface area contributed by atoms with Crippen molar-refractivity contribution in [2.24, 2.45) is 16.4 Å². The van der Waals surface area contributed by atoms with Gasteiger partial charge in [-0.3, -0.25) is 5.43 Å². The van der Waals surface area contributed by atoms with Gasteiger partial charge in [0.05, 0.1) is 5.71 Å². The summed E-state index contributed by atoms with van der Waals surface area (Å²) in [6.07, 6.45) is 0. The maximum absolute atomic E-state index is 5.10. The Bertz CT molecular complexity index is 378. The lowest BCUT2D eigenvalue weighted by molar-refractivity contribution is 0.130. The molecule has 4 saturated heterocycles. The molecule has 6 heteroatoms. The molecule has 5 nitrogen and oxygen atoms in total. The van der Waals surface area contributed by atoms with Crippen LogP contribution in [0.2, 0.25) is 0 Å². The second-order valence-electron chi connectivity index (χ2n) is 5.92. The van der Waals surface area contributed by atoms with Crippen LogP contribution in [0.25, 0.3) is 0 Å². The second-order valence-corrected chi connectivity index (χ2v) is 6.32. The first-order valence-corrected chi connectivity index (χ1v) is 7.02.